The van der Waals surface area contributed by atoms with Gasteiger partial charge in [-0.25, -0.2) is 0 Å². The molecule has 1 unspecified atom stereocenters. The zero-order chi connectivity index (χ0) is 13.4. The van der Waals surface area contributed by atoms with Crippen LogP contribution in [0.1, 0.15) is 30.7 Å². The van der Waals surface area contributed by atoms with Gasteiger partial charge in [-0.3, -0.25) is 5.21 Å². The van der Waals surface area contributed by atoms with Crippen molar-refractivity contribution in [3.05, 3.63) is 47.7 Å². The minimum Gasteiger partial charge on any atom is -0.497 e. The summed E-state index contributed by atoms with van der Waals surface area (Å²) in [4.78, 5) is -0.122. The number of hydrogen-bond acceptors (Lipinski definition) is 3. The molecule has 4 heteroatoms. The molecular formula is C14H19NO3. The zero-order valence-electron chi connectivity index (χ0n) is 10.6. The van der Waals surface area contributed by atoms with Crippen LogP contribution in [0, 0.1) is 5.21 Å². The Bertz CT molecular complexity index is 394. The van der Waals surface area contributed by atoms with Crippen molar-refractivity contribution < 1.29 is 14.8 Å². The molecule has 0 fully saturated rings. The standard InChI is InChI=1S/C14H19NO3/c1-3-4-5-6-13(11-15(16)17)12-7-9-14(18-2)10-8-12/h3,7-11,13H,1,4-6H2,2H3,(H,16,17). The van der Waals surface area contributed by atoms with Crippen LogP contribution in [0.2, 0.25) is 0 Å². The molecule has 0 amide bonds. The summed E-state index contributed by atoms with van der Waals surface area (Å²) in [6.07, 6.45) is 5.72. The molecule has 1 aromatic carbocycles. The summed E-state index contributed by atoms with van der Waals surface area (Å²) in [6, 6.07) is 7.49. The van der Waals surface area contributed by atoms with E-state index in [2.05, 4.69) is 6.58 Å². The Labute approximate surface area is 107 Å². The van der Waals surface area contributed by atoms with E-state index in [0.29, 0.717) is 0 Å². The Kier molecular flexibility index (Phi) is 5.77. The fourth-order valence-corrected chi connectivity index (χ4v) is 1.81. The number of rotatable bonds is 7. The lowest BCUT2D eigenvalue weighted by atomic mass is 9.94. The first-order valence-corrected chi connectivity index (χ1v) is 5.92. The molecule has 0 saturated carbocycles. The minimum atomic E-state index is -0.122. The van der Waals surface area contributed by atoms with Crippen LogP contribution in [-0.4, -0.2) is 23.4 Å². The molecule has 0 aliphatic heterocycles. The monoisotopic (exact) mass is 249 g/mol. The lowest BCUT2D eigenvalue weighted by Gasteiger charge is -2.10. The number of benzene rings is 1. The molecule has 0 aliphatic rings. The van der Waals surface area contributed by atoms with Crippen molar-refractivity contribution in [2.24, 2.45) is 0 Å². The van der Waals surface area contributed by atoms with Gasteiger partial charge in [-0.15, -0.1) is 6.58 Å². The molecule has 1 atom stereocenters. The Balaban J connectivity index is 2.79. The van der Waals surface area contributed by atoms with Crippen molar-refractivity contribution in [3.63, 3.8) is 0 Å². The van der Waals surface area contributed by atoms with Gasteiger partial charge in [0.25, 0.3) is 0 Å². The largest absolute Gasteiger partial charge is 0.497 e. The van der Waals surface area contributed by atoms with Crippen molar-refractivity contribution in [3.8, 4) is 5.75 Å². The fourth-order valence-electron chi connectivity index (χ4n) is 1.81. The smallest absolute Gasteiger partial charge is 0.217 e. The highest BCUT2D eigenvalue weighted by atomic mass is 16.8. The Morgan fingerprint density at radius 1 is 1.44 bits per heavy atom. The van der Waals surface area contributed by atoms with Crippen LogP contribution in [-0.2, 0) is 0 Å². The molecule has 0 bridgehead atoms. The lowest BCUT2D eigenvalue weighted by molar-refractivity contribution is -0.723. The average Bonchev–Trinajstić information content (AvgIpc) is 2.37. The van der Waals surface area contributed by atoms with Crippen LogP contribution in [0.5, 0.6) is 5.75 Å². The normalized spacial score (nSPS) is 13.1. The van der Waals surface area contributed by atoms with E-state index in [1.807, 2.05) is 30.3 Å². The topological polar surface area (TPSA) is 55.5 Å². The van der Waals surface area contributed by atoms with E-state index in [0.717, 1.165) is 30.6 Å². The van der Waals surface area contributed by atoms with Gasteiger partial charge in [-0.05, 0) is 37.0 Å². The van der Waals surface area contributed by atoms with Gasteiger partial charge in [0.05, 0.1) is 13.0 Å². The predicted octanol–water partition coefficient (Wildman–Crippen LogP) is 3.11. The highest BCUT2D eigenvalue weighted by Gasteiger charge is 2.13. The molecule has 18 heavy (non-hydrogen) atoms. The maximum Gasteiger partial charge on any atom is 0.217 e. The first-order valence-electron chi connectivity index (χ1n) is 5.92. The van der Waals surface area contributed by atoms with Gasteiger partial charge in [0, 0.05) is 4.90 Å². The molecule has 98 valence electrons. The molecule has 0 saturated heterocycles. The predicted molar refractivity (Wildman–Crippen MR) is 71.3 cm³/mol. The van der Waals surface area contributed by atoms with E-state index in [9.17, 15) is 5.21 Å². The summed E-state index contributed by atoms with van der Waals surface area (Å²) in [5.74, 6) is 0.671. The third-order valence-electron chi connectivity index (χ3n) is 2.77. The molecule has 0 aliphatic carbocycles. The second-order valence-electron chi connectivity index (χ2n) is 4.05. The van der Waals surface area contributed by atoms with Crippen molar-refractivity contribution in [1.29, 1.82) is 0 Å². The molecule has 0 heterocycles. The van der Waals surface area contributed by atoms with E-state index in [-0.39, 0.29) is 10.8 Å². The molecule has 1 N–H and O–H groups in total. The van der Waals surface area contributed by atoms with Crippen molar-refractivity contribution in [1.82, 2.24) is 0 Å². The summed E-state index contributed by atoms with van der Waals surface area (Å²) in [7, 11) is 1.61. The van der Waals surface area contributed by atoms with Gasteiger partial charge in [0.1, 0.15) is 5.75 Å². The summed E-state index contributed by atoms with van der Waals surface area (Å²) in [5.41, 5.74) is 0.981. The molecule has 0 aromatic heterocycles. The zero-order valence-corrected chi connectivity index (χ0v) is 10.6. The van der Waals surface area contributed by atoms with Crippen LogP contribution in [0.3, 0.4) is 0 Å². The quantitative estimate of drug-likeness (QED) is 0.202. The number of methoxy groups -OCH3 is 1. The Morgan fingerprint density at radius 3 is 2.61 bits per heavy atom. The Hall–Kier alpha value is -1.97. The number of unbranched alkanes of at least 4 members (excludes halogenated alkanes) is 1. The third-order valence-corrected chi connectivity index (χ3v) is 2.77. The summed E-state index contributed by atoms with van der Waals surface area (Å²) in [6.45, 7) is 3.67. The molecule has 0 spiro atoms. The second kappa shape index (κ2) is 7.37. The number of allylic oxidation sites excluding steroid dienone is 1. The molecular weight excluding hydrogens is 230 g/mol. The summed E-state index contributed by atoms with van der Waals surface area (Å²) in [5, 5.41) is 19.6. The molecule has 0 radical (unpaired) electrons. The molecule has 1 rings (SSSR count). The number of hydrogen-bond donors (Lipinski definition) is 1. The van der Waals surface area contributed by atoms with Crippen molar-refractivity contribution in [2.75, 3.05) is 7.11 Å². The van der Waals surface area contributed by atoms with Crippen LogP contribution in [0.15, 0.2) is 36.9 Å². The van der Waals surface area contributed by atoms with E-state index in [4.69, 9.17) is 9.94 Å². The van der Waals surface area contributed by atoms with E-state index < -0.39 is 0 Å². The number of nitrogens with zero attached hydrogens (tertiary/aromatic N) is 1. The van der Waals surface area contributed by atoms with E-state index in [1.165, 1.54) is 6.21 Å². The highest BCUT2D eigenvalue weighted by Crippen LogP contribution is 2.22. The minimum absolute atomic E-state index is 0.0987. The second-order valence-corrected chi connectivity index (χ2v) is 4.05. The number of ether oxygens (including phenoxy) is 1. The molecule has 1 aromatic rings. The SMILES string of the molecule is C=CCCCC(/C=[N+](/[O-])O)c1ccc(OC)cc1. The van der Waals surface area contributed by atoms with Gasteiger partial charge in [-0.1, -0.05) is 18.2 Å². The molecule has 4 nitrogen and oxygen atoms in total. The van der Waals surface area contributed by atoms with Crippen LogP contribution >= 0.6 is 0 Å². The van der Waals surface area contributed by atoms with E-state index in [1.54, 1.807) is 7.11 Å². The third kappa shape index (κ3) is 4.49. The Morgan fingerprint density at radius 2 is 2.11 bits per heavy atom. The van der Waals surface area contributed by atoms with Gasteiger partial charge in [0.15, 0.2) is 0 Å². The maximum absolute atomic E-state index is 10.8. The lowest BCUT2D eigenvalue weighted by Crippen LogP contribution is -2.08. The maximum atomic E-state index is 10.8. The summed E-state index contributed by atoms with van der Waals surface area (Å²) < 4.78 is 5.08. The van der Waals surface area contributed by atoms with Crippen molar-refractivity contribution in [2.45, 2.75) is 25.2 Å². The van der Waals surface area contributed by atoms with Crippen LogP contribution in [0.4, 0.5) is 0 Å². The van der Waals surface area contributed by atoms with Gasteiger partial charge in [-0.2, -0.15) is 0 Å². The fraction of sp³-hybridized carbons (Fsp3) is 0.357. The van der Waals surface area contributed by atoms with Crippen LogP contribution < -0.4 is 4.74 Å². The van der Waals surface area contributed by atoms with Crippen LogP contribution in [0.25, 0.3) is 0 Å². The first kappa shape index (κ1) is 14.1. The van der Waals surface area contributed by atoms with Gasteiger partial charge < -0.3 is 9.94 Å². The van der Waals surface area contributed by atoms with Crippen molar-refractivity contribution >= 4 is 6.21 Å². The summed E-state index contributed by atoms with van der Waals surface area (Å²) >= 11 is 0. The van der Waals surface area contributed by atoms with E-state index >= 15 is 0 Å². The first-order chi connectivity index (χ1) is 8.67. The highest BCUT2D eigenvalue weighted by molar-refractivity contribution is 5.63. The van der Waals surface area contributed by atoms with Gasteiger partial charge in [0.2, 0.25) is 6.21 Å². The average molecular weight is 249 g/mol. The van der Waals surface area contributed by atoms with Gasteiger partial charge >= 0.3 is 0 Å².